The van der Waals surface area contributed by atoms with Crippen molar-refractivity contribution in [2.24, 2.45) is 0 Å². The molecule has 16 heavy (non-hydrogen) atoms. The Morgan fingerprint density at radius 1 is 1.31 bits per heavy atom. The smallest absolute Gasteiger partial charge is 0.0688 e. The summed E-state index contributed by atoms with van der Waals surface area (Å²) in [7, 11) is 1.87. The van der Waals surface area contributed by atoms with E-state index in [0.717, 1.165) is 12.0 Å². The molecule has 0 spiro atoms. The second-order valence-corrected chi connectivity index (χ2v) is 3.80. The molecular weight excluding hydrogens is 202 g/mol. The Morgan fingerprint density at radius 2 is 2.00 bits per heavy atom. The average Bonchev–Trinajstić information content (AvgIpc) is 2.36. The largest absolute Gasteiger partial charge is 0.394 e. The van der Waals surface area contributed by atoms with Crippen LogP contribution in [-0.2, 0) is 10.3 Å². The molecule has 0 amide bonds. The lowest BCUT2D eigenvalue weighted by Gasteiger charge is -2.32. The first-order valence-electron chi connectivity index (χ1n) is 5.72. The van der Waals surface area contributed by atoms with Crippen molar-refractivity contribution in [1.82, 2.24) is 5.32 Å². The second kappa shape index (κ2) is 6.63. The van der Waals surface area contributed by atoms with Crippen molar-refractivity contribution in [1.29, 1.82) is 0 Å². The van der Waals surface area contributed by atoms with Crippen LogP contribution in [0.15, 0.2) is 30.3 Å². The van der Waals surface area contributed by atoms with Crippen LogP contribution < -0.4 is 5.32 Å². The van der Waals surface area contributed by atoms with Crippen molar-refractivity contribution in [2.75, 3.05) is 26.9 Å². The van der Waals surface area contributed by atoms with E-state index in [1.54, 1.807) is 0 Å². The highest BCUT2D eigenvalue weighted by Gasteiger charge is 2.28. The number of nitrogens with one attached hydrogen (secondary N) is 1. The van der Waals surface area contributed by atoms with Gasteiger partial charge in [0.1, 0.15) is 0 Å². The van der Waals surface area contributed by atoms with Gasteiger partial charge in [-0.1, -0.05) is 30.3 Å². The number of aliphatic hydroxyl groups excluding tert-OH is 1. The number of hydrogen-bond acceptors (Lipinski definition) is 3. The van der Waals surface area contributed by atoms with E-state index in [4.69, 9.17) is 4.74 Å². The topological polar surface area (TPSA) is 41.5 Å². The van der Waals surface area contributed by atoms with Crippen molar-refractivity contribution in [3.63, 3.8) is 0 Å². The van der Waals surface area contributed by atoms with Gasteiger partial charge in [-0.2, -0.15) is 0 Å². The van der Waals surface area contributed by atoms with E-state index in [-0.39, 0.29) is 6.61 Å². The van der Waals surface area contributed by atoms with E-state index in [1.807, 2.05) is 44.3 Å². The van der Waals surface area contributed by atoms with Gasteiger partial charge in [-0.05, 0) is 26.0 Å². The Morgan fingerprint density at radius 3 is 2.50 bits per heavy atom. The number of rotatable bonds is 7. The number of likely N-dealkylation sites (N-methyl/N-ethyl adjacent to an activating group) is 1. The molecule has 0 radical (unpaired) electrons. The molecule has 0 aliphatic rings. The van der Waals surface area contributed by atoms with E-state index < -0.39 is 5.54 Å². The standard InChI is InChI=1S/C13H21NO2/c1-3-16-10-9-13(11-15,14-2)12-7-5-4-6-8-12/h4-8,14-15H,3,9-11H2,1-2H3. The quantitative estimate of drug-likeness (QED) is 0.689. The summed E-state index contributed by atoms with van der Waals surface area (Å²) in [6.45, 7) is 3.40. The van der Waals surface area contributed by atoms with Gasteiger partial charge >= 0.3 is 0 Å². The van der Waals surface area contributed by atoms with Crippen LogP contribution in [-0.4, -0.2) is 32.0 Å². The van der Waals surface area contributed by atoms with Gasteiger partial charge in [0.15, 0.2) is 0 Å². The molecule has 0 aromatic heterocycles. The molecule has 0 saturated carbocycles. The summed E-state index contributed by atoms with van der Waals surface area (Å²) in [6.07, 6.45) is 0.762. The molecule has 0 heterocycles. The highest BCUT2D eigenvalue weighted by Crippen LogP contribution is 2.24. The fourth-order valence-electron chi connectivity index (χ4n) is 1.81. The van der Waals surface area contributed by atoms with Gasteiger partial charge in [0, 0.05) is 13.2 Å². The lowest BCUT2D eigenvalue weighted by Crippen LogP contribution is -2.44. The minimum atomic E-state index is -0.392. The molecule has 1 aromatic rings. The van der Waals surface area contributed by atoms with Gasteiger partial charge in [0.25, 0.3) is 0 Å². The van der Waals surface area contributed by atoms with Crippen LogP contribution in [0.1, 0.15) is 18.9 Å². The molecule has 0 aliphatic heterocycles. The Balaban J connectivity index is 2.79. The molecule has 0 fully saturated rings. The average molecular weight is 223 g/mol. The number of ether oxygens (including phenoxy) is 1. The van der Waals surface area contributed by atoms with E-state index >= 15 is 0 Å². The zero-order valence-corrected chi connectivity index (χ0v) is 10.1. The molecule has 0 aliphatic carbocycles. The Hall–Kier alpha value is -0.900. The molecule has 1 rings (SSSR count). The van der Waals surface area contributed by atoms with Crippen LogP contribution in [0.3, 0.4) is 0 Å². The minimum Gasteiger partial charge on any atom is -0.394 e. The fraction of sp³-hybridized carbons (Fsp3) is 0.538. The maximum atomic E-state index is 9.61. The zero-order chi connectivity index (χ0) is 11.9. The van der Waals surface area contributed by atoms with E-state index in [2.05, 4.69) is 5.32 Å². The maximum Gasteiger partial charge on any atom is 0.0688 e. The molecule has 1 unspecified atom stereocenters. The van der Waals surface area contributed by atoms with E-state index in [0.29, 0.717) is 13.2 Å². The summed E-state index contributed by atoms with van der Waals surface area (Å²) >= 11 is 0. The van der Waals surface area contributed by atoms with Crippen molar-refractivity contribution in [2.45, 2.75) is 18.9 Å². The van der Waals surface area contributed by atoms with Crippen LogP contribution in [0.2, 0.25) is 0 Å². The molecule has 3 heteroatoms. The van der Waals surface area contributed by atoms with Crippen molar-refractivity contribution < 1.29 is 9.84 Å². The monoisotopic (exact) mass is 223 g/mol. The number of hydrogen-bond donors (Lipinski definition) is 2. The first kappa shape index (κ1) is 13.2. The van der Waals surface area contributed by atoms with Crippen LogP contribution >= 0.6 is 0 Å². The first-order chi connectivity index (χ1) is 7.79. The minimum absolute atomic E-state index is 0.0700. The fourth-order valence-corrected chi connectivity index (χ4v) is 1.81. The summed E-state index contributed by atoms with van der Waals surface area (Å²) in [5, 5.41) is 12.8. The second-order valence-electron chi connectivity index (χ2n) is 3.80. The molecule has 3 nitrogen and oxygen atoms in total. The van der Waals surface area contributed by atoms with Gasteiger partial charge in [0.05, 0.1) is 12.1 Å². The zero-order valence-electron chi connectivity index (χ0n) is 10.1. The third-order valence-corrected chi connectivity index (χ3v) is 2.95. The van der Waals surface area contributed by atoms with Crippen LogP contribution in [0.5, 0.6) is 0 Å². The van der Waals surface area contributed by atoms with Crippen LogP contribution in [0.25, 0.3) is 0 Å². The first-order valence-corrected chi connectivity index (χ1v) is 5.72. The SMILES string of the molecule is CCOCCC(CO)(NC)c1ccccc1. The van der Waals surface area contributed by atoms with Crippen molar-refractivity contribution in [3.05, 3.63) is 35.9 Å². The molecule has 0 saturated heterocycles. The van der Waals surface area contributed by atoms with Gasteiger partial charge < -0.3 is 15.2 Å². The predicted octanol–water partition coefficient (Wildman–Crippen LogP) is 1.52. The number of benzene rings is 1. The molecule has 90 valence electrons. The Bertz CT molecular complexity index is 283. The molecule has 0 bridgehead atoms. The van der Waals surface area contributed by atoms with E-state index in [1.165, 1.54) is 0 Å². The summed E-state index contributed by atoms with van der Waals surface area (Å²) in [5.41, 5.74) is 0.705. The molecular formula is C13H21NO2. The lowest BCUT2D eigenvalue weighted by molar-refractivity contribution is 0.0888. The lowest BCUT2D eigenvalue weighted by atomic mass is 9.88. The summed E-state index contributed by atoms with van der Waals surface area (Å²) in [6, 6.07) is 10.00. The Kier molecular flexibility index (Phi) is 5.46. The predicted molar refractivity (Wildman–Crippen MR) is 65.4 cm³/mol. The van der Waals surface area contributed by atoms with E-state index in [9.17, 15) is 5.11 Å². The summed E-state index contributed by atoms with van der Waals surface area (Å²) in [4.78, 5) is 0. The molecule has 1 atom stereocenters. The van der Waals surface area contributed by atoms with Gasteiger partial charge in [0.2, 0.25) is 0 Å². The van der Waals surface area contributed by atoms with Gasteiger partial charge in [-0.3, -0.25) is 0 Å². The molecule has 2 N–H and O–H groups in total. The Labute approximate surface area is 97.4 Å². The van der Waals surface area contributed by atoms with Gasteiger partial charge in [-0.25, -0.2) is 0 Å². The highest BCUT2D eigenvalue weighted by molar-refractivity contribution is 5.24. The summed E-state index contributed by atoms with van der Waals surface area (Å²) < 4.78 is 5.36. The molecule has 1 aromatic carbocycles. The third kappa shape index (κ3) is 3.04. The van der Waals surface area contributed by atoms with Crippen molar-refractivity contribution >= 4 is 0 Å². The maximum absolute atomic E-state index is 9.61. The van der Waals surface area contributed by atoms with Gasteiger partial charge in [-0.15, -0.1) is 0 Å². The normalized spacial score (nSPS) is 14.7. The van der Waals surface area contributed by atoms with Crippen LogP contribution in [0, 0.1) is 0 Å². The third-order valence-electron chi connectivity index (χ3n) is 2.95. The van der Waals surface area contributed by atoms with Crippen LogP contribution in [0.4, 0.5) is 0 Å². The number of aliphatic hydroxyl groups is 1. The van der Waals surface area contributed by atoms with Crippen molar-refractivity contribution in [3.8, 4) is 0 Å². The summed E-state index contributed by atoms with van der Waals surface area (Å²) in [5.74, 6) is 0. The highest BCUT2D eigenvalue weighted by atomic mass is 16.5.